The Labute approximate surface area is 189 Å². The average Bonchev–Trinajstić information content (AvgIpc) is 3.11. The Bertz CT molecular complexity index is 929. The van der Waals surface area contributed by atoms with Gasteiger partial charge in [-0.05, 0) is 67.3 Å². The normalized spacial score (nSPS) is 19.3. The largest absolute Gasteiger partial charge is 0.396 e. The summed E-state index contributed by atoms with van der Waals surface area (Å²) in [6, 6.07) is 6.91. The quantitative estimate of drug-likeness (QED) is 0.631. The van der Waals surface area contributed by atoms with Crippen LogP contribution < -0.4 is 5.32 Å². The van der Waals surface area contributed by atoms with Crippen LogP contribution in [0, 0.1) is 5.92 Å². The van der Waals surface area contributed by atoms with Gasteiger partial charge in [0.05, 0.1) is 12.1 Å². The van der Waals surface area contributed by atoms with E-state index in [4.69, 9.17) is 11.6 Å². The Morgan fingerprint density at radius 3 is 2.83 bits per heavy atom. The minimum absolute atomic E-state index is 0.0651. The number of carbonyl (C=O) groups excluding carboxylic acids is 2. The molecule has 2 aromatic rings. The molecule has 2 N–H and O–H groups in total. The number of amides is 1. The zero-order valence-corrected chi connectivity index (χ0v) is 19.0. The molecule has 2 aliphatic heterocycles. The molecule has 1 fully saturated rings. The first-order valence-corrected chi connectivity index (χ1v) is 12.6. The van der Waals surface area contributed by atoms with Gasteiger partial charge in [0.25, 0.3) is 0 Å². The van der Waals surface area contributed by atoms with E-state index in [-0.39, 0.29) is 30.8 Å². The van der Waals surface area contributed by atoms with Crippen LogP contribution in [0.25, 0.3) is 0 Å². The summed E-state index contributed by atoms with van der Waals surface area (Å²) in [5, 5.41) is 13.7. The molecule has 1 unspecified atom stereocenters. The van der Waals surface area contributed by atoms with Crippen molar-refractivity contribution in [3.05, 3.63) is 50.9 Å². The van der Waals surface area contributed by atoms with Gasteiger partial charge in [-0.15, -0.1) is 11.3 Å². The van der Waals surface area contributed by atoms with E-state index in [2.05, 4.69) is 10.2 Å². The number of ketones is 1. The molecular formula is C22H25ClN2O3S2. The summed E-state index contributed by atoms with van der Waals surface area (Å²) in [6.07, 6.45) is 2.83. The number of aliphatic hydroxyl groups excluding tert-OH is 1. The van der Waals surface area contributed by atoms with Crippen molar-refractivity contribution in [2.45, 2.75) is 25.0 Å². The van der Waals surface area contributed by atoms with Gasteiger partial charge in [-0.1, -0.05) is 11.6 Å². The van der Waals surface area contributed by atoms with Crippen molar-refractivity contribution in [2.75, 3.05) is 37.3 Å². The van der Waals surface area contributed by atoms with E-state index in [1.807, 2.05) is 11.8 Å². The van der Waals surface area contributed by atoms with Crippen LogP contribution in [-0.4, -0.2) is 53.7 Å². The van der Waals surface area contributed by atoms with Crippen LogP contribution in [0.5, 0.6) is 0 Å². The summed E-state index contributed by atoms with van der Waals surface area (Å²) in [7, 11) is 0. The summed E-state index contributed by atoms with van der Waals surface area (Å²) in [5.74, 6) is 1.92. The molecule has 1 atom stereocenters. The van der Waals surface area contributed by atoms with E-state index in [0.717, 1.165) is 49.4 Å². The van der Waals surface area contributed by atoms with Crippen molar-refractivity contribution in [3.63, 3.8) is 0 Å². The maximum absolute atomic E-state index is 13.3. The number of hydrogen-bond acceptors (Lipinski definition) is 6. The number of fused-ring (bicyclic) bond motifs is 1. The van der Waals surface area contributed by atoms with E-state index < -0.39 is 0 Å². The molecule has 5 nitrogen and oxygen atoms in total. The lowest BCUT2D eigenvalue weighted by molar-refractivity contribution is -0.117. The van der Waals surface area contributed by atoms with Gasteiger partial charge >= 0.3 is 0 Å². The number of thiophene rings is 1. The fraction of sp³-hybridized carbons (Fsp3) is 0.455. The van der Waals surface area contributed by atoms with Gasteiger partial charge in [-0.2, -0.15) is 11.8 Å². The number of aliphatic hydroxyl groups is 1. The predicted molar refractivity (Wildman–Crippen MR) is 124 cm³/mol. The molecule has 30 heavy (non-hydrogen) atoms. The minimum Gasteiger partial charge on any atom is -0.396 e. The SMILES string of the molecule is O=C(CN1CCCC(CO)C1)Nc1sc2c(c1C(=O)c1ccc(Cl)cc1)CCSC2. The highest BCUT2D eigenvalue weighted by Crippen LogP contribution is 2.40. The third-order valence-corrected chi connectivity index (χ3v) is 8.20. The molecule has 160 valence electrons. The molecule has 0 aliphatic carbocycles. The number of hydrogen-bond donors (Lipinski definition) is 2. The van der Waals surface area contributed by atoms with Crippen molar-refractivity contribution >= 4 is 51.4 Å². The maximum atomic E-state index is 13.3. The van der Waals surface area contributed by atoms with E-state index in [9.17, 15) is 14.7 Å². The number of likely N-dealkylation sites (tertiary alicyclic amines) is 1. The molecule has 0 bridgehead atoms. The zero-order chi connectivity index (χ0) is 21.1. The number of nitrogens with one attached hydrogen (secondary N) is 1. The Morgan fingerprint density at radius 2 is 2.07 bits per heavy atom. The third-order valence-electron chi connectivity index (χ3n) is 5.64. The van der Waals surface area contributed by atoms with Crippen molar-refractivity contribution in [1.82, 2.24) is 4.90 Å². The van der Waals surface area contributed by atoms with Crippen molar-refractivity contribution in [3.8, 4) is 0 Å². The Kier molecular flexibility index (Phi) is 7.16. The van der Waals surface area contributed by atoms with Crippen molar-refractivity contribution in [2.24, 2.45) is 5.92 Å². The number of benzene rings is 1. The lowest BCUT2D eigenvalue weighted by Gasteiger charge is -2.31. The second-order valence-electron chi connectivity index (χ2n) is 7.82. The summed E-state index contributed by atoms with van der Waals surface area (Å²) >= 11 is 9.36. The second kappa shape index (κ2) is 9.83. The van der Waals surface area contributed by atoms with Crippen LogP contribution >= 0.6 is 34.7 Å². The predicted octanol–water partition coefficient (Wildman–Crippen LogP) is 4.06. The summed E-state index contributed by atoms with van der Waals surface area (Å²) in [4.78, 5) is 29.4. The van der Waals surface area contributed by atoms with Gasteiger partial charge in [-0.3, -0.25) is 14.5 Å². The highest BCUT2D eigenvalue weighted by atomic mass is 35.5. The number of rotatable bonds is 6. The molecule has 0 radical (unpaired) electrons. The number of anilines is 1. The van der Waals surface area contributed by atoms with Crippen LogP contribution in [0.15, 0.2) is 24.3 Å². The highest BCUT2D eigenvalue weighted by Gasteiger charge is 2.28. The van der Waals surface area contributed by atoms with Crippen molar-refractivity contribution in [1.29, 1.82) is 0 Å². The van der Waals surface area contributed by atoms with E-state index in [1.165, 1.54) is 16.2 Å². The molecule has 1 amide bonds. The van der Waals surface area contributed by atoms with E-state index in [1.54, 1.807) is 24.3 Å². The van der Waals surface area contributed by atoms with E-state index in [0.29, 0.717) is 21.2 Å². The fourth-order valence-electron chi connectivity index (χ4n) is 4.12. The Morgan fingerprint density at radius 1 is 1.27 bits per heavy atom. The smallest absolute Gasteiger partial charge is 0.239 e. The molecular weight excluding hydrogens is 440 g/mol. The summed E-state index contributed by atoms with van der Waals surface area (Å²) in [5.41, 5.74) is 2.29. The molecule has 0 spiro atoms. The van der Waals surface area contributed by atoms with Crippen LogP contribution in [0.4, 0.5) is 5.00 Å². The monoisotopic (exact) mass is 464 g/mol. The summed E-state index contributed by atoms with van der Waals surface area (Å²) in [6.45, 7) is 2.03. The first kappa shape index (κ1) is 21.8. The van der Waals surface area contributed by atoms with Gasteiger partial charge in [0.1, 0.15) is 5.00 Å². The lowest BCUT2D eigenvalue weighted by atomic mass is 9.98. The fourth-order valence-corrected chi connectivity index (χ4v) is 6.64. The van der Waals surface area contributed by atoms with Gasteiger partial charge in [0.2, 0.25) is 5.91 Å². The number of nitrogens with zero attached hydrogens (tertiary/aromatic N) is 1. The Hall–Kier alpha value is -1.38. The van der Waals surface area contributed by atoms with Crippen LogP contribution in [0.2, 0.25) is 5.02 Å². The molecule has 8 heteroatoms. The highest BCUT2D eigenvalue weighted by molar-refractivity contribution is 7.98. The number of halogens is 1. The molecule has 0 saturated carbocycles. The lowest BCUT2D eigenvalue weighted by Crippen LogP contribution is -2.41. The first-order valence-electron chi connectivity index (χ1n) is 10.2. The number of piperidine rings is 1. The molecule has 1 aromatic carbocycles. The maximum Gasteiger partial charge on any atom is 0.239 e. The molecule has 1 saturated heterocycles. The second-order valence-corrected chi connectivity index (χ2v) is 10.5. The van der Waals surface area contributed by atoms with E-state index >= 15 is 0 Å². The zero-order valence-electron chi connectivity index (χ0n) is 16.7. The number of thioether (sulfide) groups is 1. The standard InChI is InChI=1S/C22H25ClN2O3S2/c23-16-5-3-15(4-6-16)21(28)20-17-7-9-29-13-18(17)30-22(20)24-19(27)11-25-8-1-2-14(10-25)12-26/h3-6,14,26H,1-2,7-13H2,(H,24,27). The number of carbonyl (C=O) groups is 2. The topological polar surface area (TPSA) is 69.6 Å². The molecule has 4 rings (SSSR count). The third kappa shape index (κ3) is 4.92. The van der Waals surface area contributed by atoms with Crippen LogP contribution in [0.1, 0.15) is 39.2 Å². The molecule has 1 aromatic heterocycles. The van der Waals surface area contributed by atoms with Crippen LogP contribution in [0.3, 0.4) is 0 Å². The van der Waals surface area contributed by atoms with Crippen LogP contribution in [-0.2, 0) is 17.0 Å². The van der Waals surface area contributed by atoms with Crippen molar-refractivity contribution < 1.29 is 14.7 Å². The van der Waals surface area contributed by atoms with Gasteiger partial charge in [0.15, 0.2) is 5.78 Å². The first-order chi connectivity index (χ1) is 14.5. The Balaban J connectivity index is 1.55. The molecule has 3 heterocycles. The minimum atomic E-state index is -0.106. The summed E-state index contributed by atoms with van der Waals surface area (Å²) < 4.78 is 0. The average molecular weight is 465 g/mol. The van der Waals surface area contributed by atoms with Gasteiger partial charge < -0.3 is 10.4 Å². The van der Waals surface area contributed by atoms with Gasteiger partial charge in [-0.25, -0.2) is 0 Å². The van der Waals surface area contributed by atoms with Gasteiger partial charge in [0, 0.05) is 34.4 Å². The molecule has 2 aliphatic rings.